The van der Waals surface area contributed by atoms with E-state index in [1.807, 2.05) is 13.8 Å². The Balaban J connectivity index is 1.46. The van der Waals surface area contributed by atoms with Crippen molar-refractivity contribution in [2.75, 3.05) is 40.1 Å². The van der Waals surface area contributed by atoms with E-state index >= 15 is 0 Å². The molecule has 2 aliphatic rings. The van der Waals surface area contributed by atoms with Crippen molar-refractivity contribution in [3.8, 4) is 0 Å². The summed E-state index contributed by atoms with van der Waals surface area (Å²) >= 11 is 0. The average Bonchev–Trinajstić information content (AvgIpc) is 2.83. The molecule has 2 saturated heterocycles. The van der Waals surface area contributed by atoms with Crippen LogP contribution in [0.4, 0.5) is 0 Å². The zero-order valence-corrected chi connectivity index (χ0v) is 25.7. The Morgan fingerprint density at radius 3 is 2.24 bits per heavy atom. The van der Waals surface area contributed by atoms with E-state index in [2.05, 4.69) is 65.9 Å². The van der Waals surface area contributed by atoms with Gasteiger partial charge in [0.05, 0.1) is 19.8 Å². The Morgan fingerprint density at radius 1 is 1.03 bits per heavy atom. The highest BCUT2D eigenvalue weighted by Gasteiger charge is 2.46. The molecule has 1 spiro atoms. The SMILES string of the molecule is COCC(C)(C)C1CCC2(CN1)COC(C(C)(C)COC(=O)CCc1cc(C)c(C)c(C(C)(C)C)c1)OC2. The van der Waals surface area contributed by atoms with Crippen molar-refractivity contribution >= 4 is 5.97 Å². The molecule has 1 unspecified atom stereocenters. The molecule has 3 rings (SSSR count). The minimum absolute atomic E-state index is 0.000978. The van der Waals surface area contributed by atoms with E-state index < -0.39 is 11.7 Å². The summed E-state index contributed by atoms with van der Waals surface area (Å²) in [6.07, 6.45) is 2.79. The molecule has 0 aliphatic carbocycles. The molecule has 1 aromatic carbocycles. The van der Waals surface area contributed by atoms with Crippen molar-refractivity contribution in [1.29, 1.82) is 0 Å². The summed E-state index contributed by atoms with van der Waals surface area (Å²) in [5, 5.41) is 3.73. The molecular formula is C32H53NO5. The first kappa shape index (κ1) is 31.1. The predicted octanol–water partition coefficient (Wildman–Crippen LogP) is 5.89. The maximum Gasteiger partial charge on any atom is 0.306 e. The number of carbonyl (C=O) groups is 1. The Kier molecular flexibility index (Phi) is 9.77. The first-order valence-electron chi connectivity index (χ1n) is 14.3. The second-order valence-electron chi connectivity index (χ2n) is 14.3. The molecule has 0 saturated carbocycles. The van der Waals surface area contributed by atoms with Crippen molar-refractivity contribution in [2.24, 2.45) is 16.2 Å². The van der Waals surface area contributed by atoms with Gasteiger partial charge in [0, 0.05) is 42.4 Å². The van der Waals surface area contributed by atoms with E-state index in [1.165, 1.54) is 22.3 Å². The highest BCUT2D eigenvalue weighted by Crippen LogP contribution is 2.40. The summed E-state index contributed by atoms with van der Waals surface area (Å²) in [4.78, 5) is 12.7. The number of piperidine rings is 1. The van der Waals surface area contributed by atoms with E-state index in [1.54, 1.807) is 7.11 Å². The van der Waals surface area contributed by atoms with Crippen LogP contribution in [0.25, 0.3) is 0 Å². The number of carbonyl (C=O) groups excluding carboxylic acids is 1. The summed E-state index contributed by atoms with van der Waals surface area (Å²) in [6, 6.07) is 4.87. The van der Waals surface area contributed by atoms with Crippen LogP contribution in [0.3, 0.4) is 0 Å². The predicted molar refractivity (Wildman–Crippen MR) is 152 cm³/mol. The van der Waals surface area contributed by atoms with Crippen molar-refractivity contribution in [3.05, 3.63) is 34.4 Å². The largest absolute Gasteiger partial charge is 0.465 e. The molecule has 6 heteroatoms. The van der Waals surface area contributed by atoms with Crippen LogP contribution in [0, 0.1) is 30.1 Å². The molecule has 0 bridgehead atoms. The maximum absolute atomic E-state index is 12.7. The van der Waals surface area contributed by atoms with Crippen LogP contribution in [-0.4, -0.2) is 58.4 Å². The van der Waals surface area contributed by atoms with Crippen LogP contribution in [-0.2, 0) is 35.6 Å². The van der Waals surface area contributed by atoms with Crippen molar-refractivity contribution in [2.45, 2.75) is 106 Å². The summed E-state index contributed by atoms with van der Waals surface area (Å²) in [6.45, 7) is 22.8. The van der Waals surface area contributed by atoms with Gasteiger partial charge in [0.1, 0.15) is 6.61 Å². The second-order valence-corrected chi connectivity index (χ2v) is 14.3. The zero-order valence-electron chi connectivity index (χ0n) is 25.7. The molecule has 0 aromatic heterocycles. The monoisotopic (exact) mass is 531 g/mol. The van der Waals surface area contributed by atoms with E-state index in [-0.39, 0.29) is 28.8 Å². The first-order valence-corrected chi connectivity index (χ1v) is 14.3. The van der Waals surface area contributed by atoms with Crippen LogP contribution in [0.1, 0.15) is 90.0 Å². The molecule has 1 N–H and O–H groups in total. The molecule has 2 aliphatic heterocycles. The highest BCUT2D eigenvalue weighted by molar-refractivity contribution is 5.69. The molecule has 2 heterocycles. The molecule has 38 heavy (non-hydrogen) atoms. The lowest BCUT2D eigenvalue weighted by molar-refractivity contribution is -0.278. The standard InChI is InChI=1S/C32H53NO5/c1-22-15-24(16-25(23(22)2)29(3,4)5)11-12-27(34)36-19-31(8,9)28-37-20-32(21-38-28)14-13-26(33-17-32)30(6,7)18-35-10/h15-16,26,28,33H,11-14,17-21H2,1-10H3. The quantitative estimate of drug-likeness (QED) is 0.401. The Hall–Kier alpha value is -1.47. The third kappa shape index (κ3) is 7.59. The first-order chi connectivity index (χ1) is 17.6. The van der Waals surface area contributed by atoms with Crippen molar-refractivity contribution < 1.29 is 23.7 Å². The lowest BCUT2D eigenvalue weighted by atomic mass is 9.73. The number of rotatable bonds is 9. The number of esters is 1. The summed E-state index contributed by atoms with van der Waals surface area (Å²) in [7, 11) is 1.77. The topological polar surface area (TPSA) is 66.0 Å². The lowest BCUT2D eigenvalue weighted by Gasteiger charge is -2.49. The Bertz CT molecular complexity index is 943. The van der Waals surface area contributed by atoms with E-state index in [0.717, 1.165) is 26.0 Å². The number of ether oxygens (including phenoxy) is 4. The van der Waals surface area contributed by atoms with Crippen LogP contribution in [0.15, 0.2) is 12.1 Å². The number of benzene rings is 1. The van der Waals surface area contributed by atoms with Gasteiger partial charge in [-0.15, -0.1) is 0 Å². The fourth-order valence-corrected chi connectivity index (χ4v) is 5.92. The molecule has 1 aromatic rings. The highest BCUT2D eigenvalue weighted by atomic mass is 16.7. The van der Waals surface area contributed by atoms with Gasteiger partial charge >= 0.3 is 5.97 Å². The fraction of sp³-hybridized carbons (Fsp3) is 0.781. The van der Waals surface area contributed by atoms with Gasteiger partial charge in [-0.25, -0.2) is 0 Å². The van der Waals surface area contributed by atoms with Crippen molar-refractivity contribution in [3.63, 3.8) is 0 Å². The molecule has 2 fully saturated rings. The van der Waals surface area contributed by atoms with E-state index in [9.17, 15) is 4.79 Å². The van der Waals surface area contributed by atoms with Gasteiger partial charge in [0.25, 0.3) is 0 Å². The Labute approximate surface area is 231 Å². The maximum atomic E-state index is 12.7. The van der Waals surface area contributed by atoms with E-state index in [4.69, 9.17) is 18.9 Å². The molecule has 216 valence electrons. The summed E-state index contributed by atoms with van der Waals surface area (Å²) in [5.41, 5.74) is 4.87. The number of methoxy groups -OCH3 is 1. The molecule has 6 nitrogen and oxygen atoms in total. The van der Waals surface area contributed by atoms with Gasteiger partial charge in [0.2, 0.25) is 0 Å². The summed E-state index contributed by atoms with van der Waals surface area (Å²) in [5.74, 6) is -0.179. The normalized spacial score (nSPS) is 25.0. The third-order valence-corrected chi connectivity index (χ3v) is 8.62. The molecule has 1 atom stereocenters. The summed E-state index contributed by atoms with van der Waals surface area (Å²) < 4.78 is 23.7. The number of aryl methyl sites for hydroxylation is 2. The smallest absolute Gasteiger partial charge is 0.306 e. The molecular weight excluding hydrogens is 478 g/mol. The number of hydrogen-bond donors (Lipinski definition) is 1. The zero-order chi connectivity index (χ0) is 28.4. The van der Waals surface area contributed by atoms with Crippen LogP contribution in [0.5, 0.6) is 0 Å². The minimum atomic E-state index is -0.428. The third-order valence-electron chi connectivity index (χ3n) is 8.62. The van der Waals surface area contributed by atoms with Gasteiger partial charge in [-0.3, -0.25) is 4.79 Å². The fourth-order valence-electron chi connectivity index (χ4n) is 5.92. The van der Waals surface area contributed by atoms with Gasteiger partial charge in [0.15, 0.2) is 6.29 Å². The number of hydrogen-bond acceptors (Lipinski definition) is 6. The lowest BCUT2D eigenvalue weighted by Crippen LogP contribution is -2.59. The Morgan fingerprint density at radius 2 is 1.68 bits per heavy atom. The van der Waals surface area contributed by atoms with E-state index in [0.29, 0.717) is 32.1 Å². The molecule has 0 radical (unpaired) electrons. The molecule has 0 amide bonds. The van der Waals surface area contributed by atoms with Gasteiger partial charge < -0.3 is 24.3 Å². The second kappa shape index (κ2) is 12.0. The van der Waals surface area contributed by atoms with Gasteiger partial charge in [-0.2, -0.15) is 0 Å². The average molecular weight is 532 g/mol. The van der Waals surface area contributed by atoms with Crippen molar-refractivity contribution in [1.82, 2.24) is 5.32 Å². The van der Waals surface area contributed by atoms with Crippen LogP contribution in [0.2, 0.25) is 0 Å². The van der Waals surface area contributed by atoms with Gasteiger partial charge in [-0.1, -0.05) is 60.6 Å². The van der Waals surface area contributed by atoms with Crippen LogP contribution >= 0.6 is 0 Å². The number of nitrogens with one attached hydrogen (secondary N) is 1. The van der Waals surface area contributed by atoms with Crippen LogP contribution < -0.4 is 5.32 Å². The minimum Gasteiger partial charge on any atom is -0.465 e. The van der Waals surface area contributed by atoms with Gasteiger partial charge in [-0.05, 0) is 60.8 Å².